The molecule has 0 bridgehead atoms. The zero-order valence-corrected chi connectivity index (χ0v) is 10.4. The van der Waals surface area contributed by atoms with Crippen LogP contribution in [0.25, 0.3) is 0 Å². The van der Waals surface area contributed by atoms with Gasteiger partial charge < -0.3 is 9.26 Å². The summed E-state index contributed by atoms with van der Waals surface area (Å²) in [7, 11) is 0. The minimum absolute atomic E-state index is 0.495. The third-order valence-corrected chi connectivity index (χ3v) is 2.96. The fraction of sp³-hybridized carbons (Fsp3) is 0.182. The highest BCUT2D eigenvalue weighted by atomic mass is 127. The van der Waals surface area contributed by atoms with Gasteiger partial charge in [0.05, 0.1) is 15.3 Å². The van der Waals surface area contributed by atoms with Gasteiger partial charge in [-0.2, -0.15) is 0 Å². The van der Waals surface area contributed by atoms with Crippen molar-refractivity contribution in [2.45, 2.75) is 13.5 Å². The van der Waals surface area contributed by atoms with E-state index >= 15 is 0 Å². The van der Waals surface area contributed by atoms with Gasteiger partial charge in [-0.3, -0.25) is 0 Å². The van der Waals surface area contributed by atoms with Crippen molar-refractivity contribution in [1.29, 1.82) is 0 Å². The van der Waals surface area contributed by atoms with Gasteiger partial charge in [-0.15, -0.1) is 0 Å². The van der Waals surface area contributed by atoms with E-state index in [2.05, 4.69) is 27.7 Å². The topological polar surface area (TPSA) is 35.3 Å². The highest BCUT2D eigenvalue weighted by Gasteiger charge is 2.05. The number of hydrogen-bond acceptors (Lipinski definition) is 3. The SMILES string of the molecule is Cc1oncc1COc1ccccc1I. The summed E-state index contributed by atoms with van der Waals surface area (Å²) >= 11 is 2.25. The van der Waals surface area contributed by atoms with Crippen LogP contribution in [0.3, 0.4) is 0 Å². The van der Waals surface area contributed by atoms with Crippen LogP contribution >= 0.6 is 22.6 Å². The molecule has 15 heavy (non-hydrogen) atoms. The molecule has 0 aliphatic rings. The van der Waals surface area contributed by atoms with Crippen LogP contribution < -0.4 is 4.74 Å². The van der Waals surface area contributed by atoms with Gasteiger partial charge >= 0.3 is 0 Å². The molecule has 4 heteroatoms. The summed E-state index contributed by atoms with van der Waals surface area (Å²) < 4.78 is 11.7. The number of nitrogens with zero attached hydrogens (tertiary/aromatic N) is 1. The van der Waals surface area contributed by atoms with Crippen molar-refractivity contribution in [3.8, 4) is 5.75 Å². The molecule has 0 aliphatic heterocycles. The predicted octanol–water partition coefficient (Wildman–Crippen LogP) is 3.17. The molecule has 1 heterocycles. The number of aromatic nitrogens is 1. The monoisotopic (exact) mass is 315 g/mol. The lowest BCUT2D eigenvalue weighted by atomic mass is 10.3. The van der Waals surface area contributed by atoms with Crippen LogP contribution in [0.2, 0.25) is 0 Å². The van der Waals surface area contributed by atoms with Gasteiger partial charge in [0.25, 0.3) is 0 Å². The van der Waals surface area contributed by atoms with Crippen molar-refractivity contribution in [3.05, 3.63) is 45.4 Å². The Bertz CT molecular complexity index is 453. The fourth-order valence-electron chi connectivity index (χ4n) is 1.17. The Morgan fingerprint density at radius 3 is 2.87 bits per heavy atom. The van der Waals surface area contributed by atoms with Gasteiger partial charge in [0.2, 0.25) is 0 Å². The van der Waals surface area contributed by atoms with E-state index in [1.165, 1.54) is 0 Å². The van der Waals surface area contributed by atoms with Crippen molar-refractivity contribution in [2.24, 2.45) is 0 Å². The van der Waals surface area contributed by atoms with Gasteiger partial charge in [0, 0.05) is 0 Å². The molecule has 0 saturated carbocycles. The van der Waals surface area contributed by atoms with Crippen LogP contribution in [0.1, 0.15) is 11.3 Å². The molecule has 3 nitrogen and oxygen atoms in total. The van der Waals surface area contributed by atoms with E-state index < -0.39 is 0 Å². The van der Waals surface area contributed by atoms with Crippen LogP contribution in [0, 0.1) is 10.5 Å². The van der Waals surface area contributed by atoms with Crippen LogP contribution in [0.5, 0.6) is 5.75 Å². The quantitative estimate of drug-likeness (QED) is 0.816. The third kappa shape index (κ3) is 2.50. The molecule has 0 fully saturated rings. The van der Waals surface area contributed by atoms with Crippen LogP contribution in [0.15, 0.2) is 35.0 Å². The Balaban J connectivity index is 2.06. The molecule has 1 aromatic heterocycles. The summed E-state index contributed by atoms with van der Waals surface area (Å²) in [6.07, 6.45) is 1.69. The second kappa shape index (κ2) is 4.65. The number of hydrogen-bond donors (Lipinski definition) is 0. The molecule has 0 N–H and O–H groups in total. The molecular formula is C11H10INO2. The highest BCUT2D eigenvalue weighted by Crippen LogP contribution is 2.21. The van der Waals surface area contributed by atoms with E-state index in [1.807, 2.05) is 31.2 Å². The number of benzene rings is 1. The van der Waals surface area contributed by atoms with Crippen LogP contribution in [-0.2, 0) is 6.61 Å². The zero-order valence-electron chi connectivity index (χ0n) is 8.24. The van der Waals surface area contributed by atoms with E-state index in [0.29, 0.717) is 6.61 Å². The van der Waals surface area contributed by atoms with E-state index in [4.69, 9.17) is 9.26 Å². The van der Waals surface area contributed by atoms with Crippen LogP contribution in [-0.4, -0.2) is 5.16 Å². The smallest absolute Gasteiger partial charge is 0.140 e. The predicted molar refractivity (Wildman–Crippen MR) is 64.7 cm³/mol. The second-order valence-electron chi connectivity index (χ2n) is 3.13. The van der Waals surface area contributed by atoms with Crippen molar-refractivity contribution in [3.63, 3.8) is 0 Å². The minimum atomic E-state index is 0.495. The van der Waals surface area contributed by atoms with Crippen LogP contribution in [0.4, 0.5) is 0 Å². The van der Waals surface area contributed by atoms with E-state index in [0.717, 1.165) is 20.6 Å². The summed E-state index contributed by atoms with van der Waals surface area (Å²) in [5.74, 6) is 1.69. The second-order valence-corrected chi connectivity index (χ2v) is 4.29. The first kappa shape index (κ1) is 10.5. The molecule has 0 atom stereocenters. The Kier molecular flexibility index (Phi) is 3.25. The number of ether oxygens (including phenoxy) is 1. The highest BCUT2D eigenvalue weighted by molar-refractivity contribution is 14.1. The maximum Gasteiger partial charge on any atom is 0.140 e. The normalized spacial score (nSPS) is 10.3. The van der Waals surface area contributed by atoms with Gasteiger partial charge in [-0.05, 0) is 41.6 Å². The van der Waals surface area contributed by atoms with E-state index in [-0.39, 0.29) is 0 Å². The van der Waals surface area contributed by atoms with Crippen molar-refractivity contribution >= 4 is 22.6 Å². The van der Waals surface area contributed by atoms with Crippen molar-refractivity contribution in [1.82, 2.24) is 5.16 Å². The van der Waals surface area contributed by atoms with Crippen molar-refractivity contribution in [2.75, 3.05) is 0 Å². The maximum atomic E-state index is 5.65. The van der Waals surface area contributed by atoms with E-state index in [1.54, 1.807) is 6.20 Å². The Hall–Kier alpha value is -1.04. The Morgan fingerprint density at radius 1 is 1.40 bits per heavy atom. The molecule has 0 saturated heterocycles. The number of aryl methyl sites for hydroxylation is 1. The first-order valence-corrected chi connectivity index (χ1v) is 5.63. The van der Waals surface area contributed by atoms with Gasteiger partial charge in [-0.25, -0.2) is 0 Å². The summed E-state index contributed by atoms with van der Waals surface area (Å²) in [5, 5.41) is 3.70. The first-order chi connectivity index (χ1) is 7.27. The lowest BCUT2D eigenvalue weighted by Crippen LogP contribution is -1.96. The fourth-order valence-corrected chi connectivity index (χ4v) is 1.72. The Labute approximate surface area is 102 Å². The summed E-state index contributed by atoms with van der Waals surface area (Å²) in [5.41, 5.74) is 0.981. The molecule has 0 aliphatic carbocycles. The maximum absolute atomic E-state index is 5.65. The molecule has 0 radical (unpaired) electrons. The molecule has 2 rings (SSSR count). The largest absolute Gasteiger partial charge is 0.488 e. The number of para-hydroxylation sites is 1. The average molecular weight is 315 g/mol. The van der Waals surface area contributed by atoms with Crippen molar-refractivity contribution < 1.29 is 9.26 Å². The standard InChI is InChI=1S/C11H10INO2/c1-8-9(6-13-15-8)7-14-11-5-3-2-4-10(11)12/h2-6H,7H2,1H3. The number of halogens is 1. The van der Waals surface area contributed by atoms with Gasteiger partial charge in [0.1, 0.15) is 18.1 Å². The molecule has 0 unspecified atom stereocenters. The molecule has 1 aromatic carbocycles. The summed E-state index contributed by atoms with van der Waals surface area (Å²) in [4.78, 5) is 0. The van der Waals surface area contributed by atoms with Gasteiger partial charge in [-0.1, -0.05) is 17.3 Å². The van der Waals surface area contributed by atoms with Gasteiger partial charge in [0.15, 0.2) is 0 Å². The molecule has 2 aromatic rings. The summed E-state index contributed by atoms with van der Waals surface area (Å²) in [6.45, 7) is 2.37. The zero-order chi connectivity index (χ0) is 10.7. The molecule has 0 amide bonds. The molecular weight excluding hydrogens is 305 g/mol. The lowest BCUT2D eigenvalue weighted by Gasteiger charge is -2.06. The minimum Gasteiger partial charge on any atom is -0.488 e. The Morgan fingerprint density at radius 2 is 2.20 bits per heavy atom. The lowest BCUT2D eigenvalue weighted by molar-refractivity contribution is 0.300. The number of rotatable bonds is 3. The molecule has 78 valence electrons. The first-order valence-electron chi connectivity index (χ1n) is 4.55. The van der Waals surface area contributed by atoms with E-state index in [9.17, 15) is 0 Å². The summed E-state index contributed by atoms with van der Waals surface area (Å²) in [6, 6.07) is 7.90. The molecule has 0 spiro atoms. The third-order valence-electron chi connectivity index (χ3n) is 2.07. The average Bonchev–Trinajstić information content (AvgIpc) is 2.63.